The number of rotatable bonds is 10. The molecule has 2 aromatic rings. The van der Waals surface area contributed by atoms with Crippen LogP contribution in [-0.4, -0.2) is 33.3 Å². The number of benzene rings is 2. The summed E-state index contributed by atoms with van der Waals surface area (Å²) in [7, 11) is -6.27. The Kier molecular flexibility index (Phi) is 9.54. The molecule has 200 valence electrons. The molecule has 0 aliphatic heterocycles. The lowest BCUT2D eigenvalue weighted by Crippen LogP contribution is -2.42. The summed E-state index contributed by atoms with van der Waals surface area (Å²) >= 11 is 0. The maximum atomic E-state index is 6.65. The predicted molar refractivity (Wildman–Crippen MR) is 169 cm³/mol. The van der Waals surface area contributed by atoms with E-state index in [-0.39, 0.29) is 0 Å². The van der Waals surface area contributed by atoms with Crippen LogP contribution < -0.4 is 0 Å². The zero-order valence-electron chi connectivity index (χ0n) is 24.9. The second kappa shape index (κ2) is 11.5. The van der Waals surface area contributed by atoms with Crippen molar-refractivity contribution in [1.29, 1.82) is 0 Å². The predicted octanol–water partition coefficient (Wildman–Crippen LogP) is 8.77. The second-order valence-corrected chi connectivity index (χ2v) is 32.3. The molecule has 0 amide bonds. The summed E-state index contributed by atoms with van der Waals surface area (Å²) in [6.45, 7) is 23.6. The molecule has 2 aromatic carbocycles. The van der Waals surface area contributed by atoms with Gasteiger partial charge in [0.15, 0.2) is 33.3 Å². The van der Waals surface area contributed by atoms with E-state index in [9.17, 15) is 0 Å². The van der Waals surface area contributed by atoms with Crippen molar-refractivity contribution < 1.29 is 8.23 Å². The minimum Gasteiger partial charge on any atom is -0.456 e. The zero-order chi connectivity index (χ0) is 26.8. The van der Waals surface area contributed by atoms with Crippen molar-refractivity contribution in [2.75, 3.05) is 0 Å². The summed E-state index contributed by atoms with van der Waals surface area (Å²) in [4.78, 5) is 0. The Morgan fingerprint density at radius 3 is 1.22 bits per heavy atom. The first-order valence-electron chi connectivity index (χ1n) is 14.1. The molecule has 0 fully saturated rings. The molecule has 6 heteroatoms. The minimum atomic E-state index is -1.64. The van der Waals surface area contributed by atoms with E-state index in [0.29, 0.717) is 0 Å². The zero-order valence-corrected chi connectivity index (χ0v) is 28.9. The molecule has 0 aromatic heterocycles. The molecule has 4 bridgehead atoms. The highest BCUT2D eigenvalue weighted by atomic mass is 28.4. The summed E-state index contributed by atoms with van der Waals surface area (Å²) in [6, 6.07) is 17.1. The monoisotopic (exact) mass is 556 g/mol. The van der Waals surface area contributed by atoms with Crippen LogP contribution in [0.25, 0.3) is 0 Å². The van der Waals surface area contributed by atoms with Gasteiger partial charge in [0.2, 0.25) is 0 Å². The van der Waals surface area contributed by atoms with Crippen LogP contribution >= 0.6 is 0 Å². The fourth-order valence-electron chi connectivity index (χ4n) is 5.81. The third kappa shape index (κ3) is 9.84. The highest BCUT2D eigenvalue weighted by Gasteiger charge is 2.30. The van der Waals surface area contributed by atoms with Gasteiger partial charge in [0.1, 0.15) is 0 Å². The molecule has 36 heavy (non-hydrogen) atoms. The molecule has 0 heterocycles. The fourth-order valence-corrected chi connectivity index (χ4v) is 21.6. The van der Waals surface area contributed by atoms with Gasteiger partial charge >= 0.3 is 0 Å². The van der Waals surface area contributed by atoms with Crippen molar-refractivity contribution in [3.63, 3.8) is 0 Å². The molecule has 0 unspecified atom stereocenters. The van der Waals surface area contributed by atoms with Gasteiger partial charge in [-0.25, -0.2) is 0 Å². The van der Waals surface area contributed by atoms with Crippen molar-refractivity contribution in [3.8, 4) is 0 Å². The number of aryl methyl sites for hydroxylation is 6. The Balaban J connectivity index is 1.75. The maximum absolute atomic E-state index is 6.65. The highest BCUT2D eigenvalue weighted by Crippen LogP contribution is 2.27. The third-order valence-corrected chi connectivity index (χ3v) is 19.3. The topological polar surface area (TPSA) is 18.5 Å². The summed E-state index contributed by atoms with van der Waals surface area (Å²) in [5, 5.41) is 0. The lowest BCUT2D eigenvalue weighted by molar-refractivity contribution is 0.546. The lowest BCUT2D eigenvalue weighted by Gasteiger charge is -2.32. The average molecular weight is 557 g/mol. The van der Waals surface area contributed by atoms with E-state index in [0.717, 1.165) is 38.5 Å². The molecule has 2 nitrogen and oxygen atoms in total. The van der Waals surface area contributed by atoms with Gasteiger partial charge in [-0.15, -0.1) is 0 Å². The molecular weight excluding hydrogens is 505 g/mol. The lowest BCUT2D eigenvalue weighted by atomic mass is 9.90. The molecule has 0 atom stereocenters. The van der Waals surface area contributed by atoms with Crippen LogP contribution in [0.1, 0.15) is 33.4 Å². The molecular formula is C30H52O2Si4. The molecule has 0 radical (unpaired) electrons. The van der Waals surface area contributed by atoms with Gasteiger partial charge in [-0.05, 0) is 149 Å². The van der Waals surface area contributed by atoms with Crippen molar-refractivity contribution in [1.82, 2.24) is 0 Å². The van der Waals surface area contributed by atoms with Crippen molar-refractivity contribution in [2.24, 2.45) is 0 Å². The van der Waals surface area contributed by atoms with Crippen LogP contribution in [0.2, 0.25) is 77.6 Å². The van der Waals surface area contributed by atoms with E-state index in [1.165, 1.54) is 23.2 Å². The van der Waals surface area contributed by atoms with Crippen LogP contribution in [-0.2, 0) is 46.8 Å². The first kappa shape index (κ1) is 29.8. The first-order valence-corrected chi connectivity index (χ1v) is 27.2. The SMILES string of the molecule is C[Si](C)(C)O[Si](C)(C)CCc1cc2ccc1CCc1ccc(c(CC[Si](C)(C)O[Si](C)(C)C)c1)CC2. The van der Waals surface area contributed by atoms with E-state index in [2.05, 4.69) is 102 Å². The van der Waals surface area contributed by atoms with Gasteiger partial charge in [0, 0.05) is 0 Å². The Hall–Kier alpha value is -0.772. The largest absolute Gasteiger partial charge is 0.456 e. The van der Waals surface area contributed by atoms with E-state index < -0.39 is 33.3 Å². The van der Waals surface area contributed by atoms with E-state index in [1.807, 2.05) is 0 Å². The number of hydrogen-bond acceptors (Lipinski definition) is 2. The summed E-state index contributed by atoms with van der Waals surface area (Å²) in [5.74, 6) is 0. The van der Waals surface area contributed by atoms with E-state index in [4.69, 9.17) is 8.23 Å². The van der Waals surface area contributed by atoms with Gasteiger partial charge < -0.3 is 8.23 Å². The van der Waals surface area contributed by atoms with Crippen LogP contribution in [0.4, 0.5) is 0 Å². The van der Waals surface area contributed by atoms with Crippen molar-refractivity contribution in [3.05, 3.63) is 69.8 Å². The second-order valence-electron chi connectivity index (χ2n) is 14.2. The molecule has 6 rings (SSSR count). The molecule has 0 saturated heterocycles. The molecule has 0 spiro atoms. The Morgan fingerprint density at radius 2 is 0.889 bits per heavy atom. The van der Waals surface area contributed by atoms with Gasteiger partial charge in [-0.2, -0.15) is 0 Å². The van der Waals surface area contributed by atoms with Gasteiger partial charge in [-0.1, -0.05) is 36.4 Å². The Labute approximate surface area is 226 Å². The smallest absolute Gasteiger partial charge is 0.173 e. The maximum Gasteiger partial charge on any atom is 0.173 e. The minimum absolute atomic E-state index is 1.12. The van der Waals surface area contributed by atoms with Crippen LogP contribution in [0.5, 0.6) is 0 Å². The Morgan fingerprint density at radius 1 is 0.528 bits per heavy atom. The van der Waals surface area contributed by atoms with Crippen LogP contribution in [0.15, 0.2) is 36.4 Å². The molecule has 0 saturated carbocycles. The normalized spacial score (nSPS) is 15.2. The number of hydrogen-bond donors (Lipinski definition) is 0. The fraction of sp³-hybridized carbons (Fsp3) is 0.600. The average Bonchev–Trinajstić information content (AvgIpc) is 2.69. The summed E-state index contributed by atoms with van der Waals surface area (Å²) in [6.07, 6.45) is 6.82. The molecule has 0 N–H and O–H groups in total. The van der Waals surface area contributed by atoms with E-state index >= 15 is 0 Å². The van der Waals surface area contributed by atoms with Gasteiger partial charge in [-0.3, -0.25) is 0 Å². The van der Waals surface area contributed by atoms with E-state index in [1.54, 1.807) is 22.3 Å². The first-order chi connectivity index (χ1) is 16.5. The molecule has 4 aliphatic carbocycles. The third-order valence-electron chi connectivity index (χ3n) is 7.07. The quantitative estimate of drug-likeness (QED) is 0.272. The van der Waals surface area contributed by atoms with Crippen molar-refractivity contribution >= 4 is 33.3 Å². The Bertz CT molecular complexity index is 949. The van der Waals surface area contributed by atoms with Crippen molar-refractivity contribution in [2.45, 2.75) is 116 Å². The van der Waals surface area contributed by atoms with Gasteiger partial charge in [0.05, 0.1) is 0 Å². The highest BCUT2D eigenvalue weighted by molar-refractivity contribution is 6.84. The van der Waals surface area contributed by atoms with Crippen LogP contribution in [0.3, 0.4) is 0 Å². The van der Waals surface area contributed by atoms with Gasteiger partial charge in [0.25, 0.3) is 0 Å². The van der Waals surface area contributed by atoms with Crippen LogP contribution in [0, 0.1) is 0 Å². The molecule has 4 aliphatic rings. The summed E-state index contributed by atoms with van der Waals surface area (Å²) in [5.41, 5.74) is 9.20. The standard InChI is InChI=1S/C30H52O2Si4/c1-33(2,3)31-35(7,8)21-19-29-23-25-11-15-27(29)17-13-26-12-16-28(18-14-25)30(24-26)20-22-36(9,10)32-34(4,5)6/h11-12,15-16,23-24H,13-14,17-22H2,1-10H3. The summed E-state index contributed by atoms with van der Waals surface area (Å²) < 4.78 is 13.3.